The molecule has 33 heavy (non-hydrogen) atoms. The second-order valence-corrected chi connectivity index (χ2v) is 8.96. The first-order valence-electron chi connectivity index (χ1n) is 11.1. The molecule has 1 fully saturated rings. The number of furan rings is 1. The third kappa shape index (κ3) is 3.76. The molecule has 5 aromatic rings. The molecule has 1 unspecified atom stereocenters. The smallest absolute Gasteiger partial charge is 0.254 e. The zero-order valence-corrected chi connectivity index (χ0v) is 18.7. The Labute approximate surface area is 194 Å². The fourth-order valence-electron chi connectivity index (χ4n) is 4.46. The predicted molar refractivity (Wildman–Crippen MR) is 127 cm³/mol. The Bertz CT molecular complexity index is 1390. The van der Waals surface area contributed by atoms with Crippen molar-refractivity contribution in [3.05, 3.63) is 71.1 Å². The summed E-state index contributed by atoms with van der Waals surface area (Å²) in [4.78, 5) is 19.2. The van der Waals surface area contributed by atoms with Crippen molar-refractivity contribution in [1.29, 1.82) is 0 Å². The van der Waals surface area contributed by atoms with E-state index in [1.165, 1.54) is 0 Å². The molecule has 4 aromatic heterocycles. The van der Waals surface area contributed by atoms with Gasteiger partial charge in [-0.2, -0.15) is 11.3 Å². The molecule has 1 aliphatic heterocycles. The number of carbonyl (C=O) groups is 1. The lowest BCUT2D eigenvalue weighted by molar-refractivity contribution is 0.0719. The summed E-state index contributed by atoms with van der Waals surface area (Å²) >= 11 is 1.55. The Kier molecular flexibility index (Phi) is 5.07. The highest BCUT2D eigenvalue weighted by Gasteiger charge is 2.29. The highest BCUT2D eigenvalue weighted by atomic mass is 32.1. The van der Waals surface area contributed by atoms with Crippen molar-refractivity contribution in [2.45, 2.75) is 25.3 Å². The van der Waals surface area contributed by atoms with E-state index in [1.54, 1.807) is 22.0 Å². The van der Waals surface area contributed by atoms with E-state index in [1.807, 2.05) is 64.2 Å². The molecule has 1 amide bonds. The summed E-state index contributed by atoms with van der Waals surface area (Å²) in [7, 11) is 0. The number of hydrogen-bond acceptors (Lipinski definition) is 6. The molecule has 0 spiro atoms. The Hall–Kier alpha value is -3.65. The average molecular weight is 459 g/mol. The maximum absolute atomic E-state index is 12.8. The number of aromatic nitrogens is 3. The van der Waals surface area contributed by atoms with Crippen molar-refractivity contribution < 1.29 is 13.9 Å². The van der Waals surface area contributed by atoms with Gasteiger partial charge in [-0.05, 0) is 42.5 Å². The van der Waals surface area contributed by atoms with Gasteiger partial charge >= 0.3 is 0 Å². The van der Waals surface area contributed by atoms with Crippen molar-refractivity contribution >= 4 is 33.9 Å². The van der Waals surface area contributed by atoms with Crippen LogP contribution in [0.4, 0.5) is 0 Å². The topological polar surface area (TPSA) is 72.9 Å². The van der Waals surface area contributed by atoms with Gasteiger partial charge in [0.1, 0.15) is 11.3 Å². The first-order valence-corrected chi connectivity index (χ1v) is 12.0. The average Bonchev–Trinajstić information content (AvgIpc) is 3.64. The van der Waals surface area contributed by atoms with E-state index < -0.39 is 0 Å². The number of para-hydroxylation sites is 1. The quantitative estimate of drug-likeness (QED) is 0.346. The van der Waals surface area contributed by atoms with Gasteiger partial charge in [-0.1, -0.05) is 18.2 Å². The molecule has 166 valence electrons. The van der Waals surface area contributed by atoms with E-state index in [2.05, 4.69) is 10.1 Å². The zero-order valence-electron chi connectivity index (χ0n) is 17.9. The number of imidazole rings is 1. The van der Waals surface area contributed by atoms with Crippen LogP contribution in [-0.4, -0.2) is 44.6 Å². The monoisotopic (exact) mass is 458 g/mol. The SMILES string of the molecule is O=C(c1ccsc1)N1CCCC1CCOc1ccc2ncc(-c3cc4ccccc4o3)n2n1. The molecule has 6 rings (SSSR count). The van der Waals surface area contributed by atoms with Crippen LogP contribution in [0.3, 0.4) is 0 Å². The van der Waals surface area contributed by atoms with Crippen LogP contribution < -0.4 is 4.74 Å². The van der Waals surface area contributed by atoms with Crippen LogP contribution in [-0.2, 0) is 0 Å². The number of amides is 1. The standard InChI is InChI=1S/C25H22N4O3S/c30-25(18-10-13-33-16-18)28-11-3-5-19(28)9-12-31-24-8-7-23-26-15-20(29(23)27-24)22-14-17-4-1-2-6-21(17)32-22/h1-2,4,6-8,10,13-16,19H,3,5,9,11-12H2. The molecule has 7 nitrogen and oxygen atoms in total. The molecule has 5 heterocycles. The summed E-state index contributed by atoms with van der Waals surface area (Å²) in [6.07, 6.45) is 4.57. The van der Waals surface area contributed by atoms with Crippen LogP contribution in [0.1, 0.15) is 29.6 Å². The van der Waals surface area contributed by atoms with Crippen LogP contribution in [0, 0.1) is 0 Å². The molecule has 1 atom stereocenters. The van der Waals surface area contributed by atoms with Crippen LogP contribution in [0.25, 0.3) is 28.1 Å². The lowest BCUT2D eigenvalue weighted by Gasteiger charge is -2.24. The Morgan fingerprint density at radius 2 is 2.15 bits per heavy atom. The van der Waals surface area contributed by atoms with Crippen LogP contribution >= 0.6 is 11.3 Å². The number of rotatable bonds is 6. The lowest BCUT2D eigenvalue weighted by atomic mass is 10.1. The predicted octanol–water partition coefficient (Wildman–Crippen LogP) is 5.28. The van der Waals surface area contributed by atoms with Crippen molar-refractivity contribution in [3.63, 3.8) is 0 Å². The van der Waals surface area contributed by atoms with Gasteiger partial charge < -0.3 is 14.1 Å². The zero-order chi connectivity index (χ0) is 22.2. The van der Waals surface area contributed by atoms with Gasteiger partial charge in [-0.3, -0.25) is 4.79 Å². The summed E-state index contributed by atoms with van der Waals surface area (Å²) in [6, 6.07) is 15.7. The molecular formula is C25H22N4O3S. The summed E-state index contributed by atoms with van der Waals surface area (Å²) in [5, 5.41) is 9.53. The first-order chi connectivity index (χ1) is 16.3. The normalized spacial score (nSPS) is 16.1. The molecule has 1 aliphatic rings. The van der Waals surface area contributed by atoms with E-state index >= 15 is 0 Å². The molecule has 0 bridgehead atoms. The number of ether oxygens (including phenoxy) is 1. The highest BCUT2D eigenvalue weighted by Crippen LogP contribution is 2.28. The molecule has 0 N–H and O–H groups in total. The number of benzene rings is 1. The van der Waals surface area contributed by atoms with Gasteiger partial charge in [0.15, 0.2) is 11.4 Å². The van der Waals surface area contributed by atoms with Gasteiger partial charge in [-0.25, -0.2) is 9.50 Å². The van der Waals surface area contributed by atoms with Crippen LogP contribution in [0.15, 0.2) is 69.9 Å². The van der Waals surface area contributed by atoms with Crippen LogP contribution in [0.2, 0.25) is 0 Å². The third-order valence-corrected chi connectivity index (χ3v) is 6.81. The molecule has 0 aliphatic carbocycles. The highest BCUT2D eigenvalue weighted by molar-refractivity contribution is 7.08. The number of fused-ring (bicyclic) bond motifs is 2. The molecular weight excluding hydrogens is 436 g/mol. The maximum atomic E-state index is 12.8. The minimum atomic E-state index is 0.118. The van der Waals surface area contributed by atoms with Gasteiger partial charge in [0.2, 0.25) is 5.88 Å². The van der Waals surface area contributed by atoms with Gasteiger partial charge in [-0.15, -0.1) is 5.10 Å². The van der Waals surface area contributed by atoms with Crippen molar-refractivity contribution in [1.82, 2.24) is 19.5 Å². The lowest BCUT2D eigenvalue weighted by Crippen LogP contribution is -2.36. The number of hydrogen-bond donors (Lipinski definition) is 0. The van der Waals surface area contributed by atoms with E-state index in [0.29, 0.717) is 18.2 Å². The second kappa shape index (κ2) is 8.37. The Balaban J connectivity index is 1.16. The number of carbonyl (C=O) groups excluding carboxylic acids is 1. The van der Waals surface area contributed by atoms with E-state index in [-0.39, 0.29) is 11.9 Å². The van der Waals surface area contributed by atoms with Gasteiger partial charge in [0, 0.05) is 35.8 Å². The van der Waals surface area contributed by atoms with E-state index in [9.17, 15) is 4.79 Å². The minimum Gasteiger partial charge on any atom is -0.477 e. The number of thiophene rings is 1. The minimum absolute atomic E-state index is 0.118. The fraction of sp³-hybridized carbons (Fsp3) is 0.240. The third-order valence-electron chi connectivity index (χ3n) is 6.12. The van der Waals surface area contributed by atoms with Crippen LogP contribution in [0.5, 0.6) is 5.88 Å². The van der Waals surface area contributed by atoms with Crippen molar-refractivity contribution in [3.8, 4) is 17.3 Å². The van der Waals surface area contributed by atoms with E-state index in [4.69, 9.17) is 9.15 Å². The summed E-state index contributed by atoms with van der Waals surface area (Å²) in [5.74, 6) is 1.35. The van der Waals surface area contributed by atoms with Gasteiger partial charge in [0.05, 0.1) is 18.4 Å². The Morgan fingerprint density at radius 3 is 3.03 bits per heavy atom. The molecule has 1 aromatic carbocycles. The molecule has 0 radical (unpaired) electrons. The molecule has 1 saturated heterocycles. The van der Waals surface area contributed by atoms with Crippen molar-refractivity contribution in [2.24, 2.45) is 0 Å². The number of likely N-dealkylation sites (tertiary alicyclic amines) is 1. The fourth-order valence-corrected chi connectivity index (χ4v) is 5.09. The summed E-state index contributed by atoms with van der Waals surface area (Å²) in [5.41, 5.74) is 3.10. The van der Waals surface area contributed by atoms with Crippen molar-refractivity contribution in [2.75, 3.05) is 13.2 Å². The molecule has 0 saturated carbocycles. The molecule has 8 heteroatoms. The summed E-state index contributed by atoms with van der Waals surface area (Å²) < 4.78 is 13.7. The second-order valence-electron chi connectivity index (χ2n) is 8.18. The maximum Gasteiger partial charge on any atom is 0.254 e. The Morgan fingerprint density at radius 1 is 1.21 bits per heavy atom. The first kappa shape index (κ1) is 20.0. The number of nitrogens with zero attached hydrogens (tertiary/aromatic N) is 4. The largest absolute Gasteiger partial charge is 0.477 e. The summed E-state index contributed by atoms with van der Waals surface area (Å²) in [6.45, 7) is 1.30. The van der Waals surface area contributed by atoms with E-state index in [0.717, 1.165) is 53.7 Å². The van der Waals surface area contributed by atoms with Gasteiger partial charge in [0.25, 0.3) is 5.91 Å².